The lowest BCUT2D eigenvalue weighted by molar-refractivity contribution is 0.530. The fraction of sp³-hybridized carbons (Fsp3) is 0.115. The number of pyridine rings is 2. The van der Waals surface area contributed by atoms with Gasteiger partial charge in [-0.25, -0.2) is 4.98 Å². The minimum absolute atomic E-state index is 0.788. The van der Waals surface area contributed by atoms with Gasteiger partial charge in [0.05, 0.1) is 27.5 Å². The molecular formula is C26H24N6S. The topological polar surface area (TPSA) is 73.5 Å². The Kier molecular flexibility index (Phi) is 5.40. The molecule has 33 heavy (non-hydrogen) atoms. The second kappa shape index (κ2) is 8.52. The van der Waals surface area contributed by atoms with Crippen molar-refractivity contribution in [3.8, 4) is 22.0 Å². The fourth-order valence-electron chi connectivity index (χ4n) is 3.87. The number of likely N-dealkylation sites (N-methyl/N-ethyl adjacent to an activating group) is 1. The van der Waals surface area contributed by atoms with Crippen molar-refractivity contribution in [1.82, 2.24) is 30.0 Å². The average molecular weight is 453 g/mol. The van der Waals surface area contributed by atoms with Gasteiger partial charge in [-0.15, -0.1) is 11.3 Å². The Balaban J connectivity index is 1.62. The molecule has 5 heterocycles. The zero-order valence-corrected chi connectivity index (χ0v) is 19.6. The van der Waals surface area contributed by atoms with Crippen molar-refractivity contribution in [3.63, 3.8) is 0 Å². The van der Waals surface area contributed by atoms with Gasteiger partial charge in [0.2, 0.25) is 0 Å². The maximum atomic E-state index is 4.98. The molecule has 0 unspecified atom stereocenters. The number of fused-ring (bicyclic) bond motifs is 2. The van der Waals surface area contributed by atoms with Gasteiger partial charge < -0.3 is 9.88 Å². The molecule has 7 heteroatoms. The van der Waals surface area contributed by atoms with Crippen LogP contribution in [0, 0.1) is 0 Å². The summed E-state index contributed by atoms with van der Waals surface area (Å²) in [5.74, 6) is 0. The quantitative estimate of drug-likeness (QED) is 0.298. The number of rotatable bonds is 6. The minimum Gasteiger partial charge on any atom is -0.378 e. The van der Waals surface area contributed by atoms with Crippen LogP contribution in [0.1, 0.15) is 12.6 Å². The lowest BCUT2D eigenvalue weighted by Gasteiger charge is -2.14. The molecule has 5 rings (SSSR count). The molecule has 164 valence electrons. The summed E-state index contributed by atoms with van der Waals surface area (Å²) < 4.78 is 0. The van der Waals surface area contributed by atoms with Crippen LogP contribution in [-0.4, -0.2) is 44.1 Å². The number of nitrogens with one attached hydrogen (secondary N) is 2. The van der Waals surface area contributed by atoms with Gasteiger partial charge in [0.25, 0.3) is 0 Å². The molecule has 0 fully saturated rings. The van der Waals surface area contributed by atoms with E-state index in [4.69, 9.17) is 4.98 Å². The van der Waals surface area contributed by atoms with Gasteiger partial charge >= 0.3 is 0 Å². The van der Waals surface area contributed by atoms with Gasteiger partial charge in [-0.1, -0.05) is 18.7 Å². The molecule has 5 aromatic heterocycles. The highest BCUT2D eigenvalue weighted by Crippen LogP contribution is 2.34. The molecule has 0 aromatic carbocycles. The maximum Gasteiger partial charge on any atom is 0.135 e. The molecule has 2 N–H and O–H groups in total. The lowest BCUT2D eigenvalue weighted by atomic mass is 10.1. The van der Waals surface area contributed by atoms with Crippen LogP contribution in [0.25, 0.3) is 49.5 Å². The summed E-state index contributed by atoms with van der Waals surface area (Å²) in [7, 11) is 4.00. The summed E-state index contributed by atoms with van der Waals surface area (Å²) in [5, 5.41) is 10.8. The third-order valence-electron chi connectivity index (χ3n) is 5.60. The first kappa shape index (κ1) is 20.9. The SMILES string of the molecule is C=C/C(=C\C(=C/C)c1ccc2[nH]nc(-c3cc4c(-c5cccs5)nccc4[nH]3)c2n1)N(C)C. The van der Waals surface area contributed by atoms with Crippen LogP contribution in [0.4, 0.5) is 0 Å². The van der Waals surface area contributed by atoms with Crippen LogP contribution in [0.3, 0.4) is 0 Å². The molecule has 6 nitrogen and oxygen atoms in total. The molecular weight excluding hydrogens is 428 g/mol. The number of H-pyrrole nitrogens is 2. The monoisotopic (exact) mass is 452 g/mol. The van der Waals surface area contributed by atoms with Crippen LogP contribution in [0.2, 0.25) is 0 Å². The summed E-state index contributed by atoms with van der Waals surface area (Å²) in [4.78, 5) is 16.3. The van der Waals surface area contributed by atoms with Gasteiger partial charge in [-0.2, -0.15) is 5.10 Å². The number of aromatic amines is 2. The number of nitrogens with zero attached hydrogens (tertiary/aromatic N) is 4. The van der Waals surface area contributed by atoms with Crippen LogP contribution in [0.5, 0.6) is 0 Å². The van der Waals surface area contributed by atoms with Crippen LogP contribution in [0.15, 0.2) is 78.5 Å². The fourth-order valence-corrected chi connectivity index (χ4v) is 4.61. The molecule has 0 saturated heterocycles. The van der Waals surface area contributed by atoms with E-state index < -0.39 is 0 Å². The van der Waals surface area contributed by atoms with Crippen LogP contribution in [-0.2, 0) is 0 Å². The predicted molar refractivity (Wildman–Crippen MR) is 138 cm³/mol. The highest BCUT2D eigenvalue weighted by atomic mass is 32.1. The Bertz CT molecular complexity index is 1520. The first-order valence-corrected chi connectivity index (χ1v) is 11.5. The van der Waals surface area contributed by atoms with E-state index in [1.807, 2.05) is 62.5 Å². The van der Waals surface area contributed by atoms with Gasteiger partial charge in [0.1, 0.15) is 11.2 Å². The number of allylic oxidation sites excluding steroid dienone is 4. The molecule has 0 saturated carbocycles. The van der Waals surface area contributed by atoms with Crippen molar-refractivity contribution in [1.29, 1.82) is 0 Å². The van der Waals surface area contributed by atoms with Gasteiger partial charge in [0, 0.05) is 36.9 Å². The van der Waals surface area contributed by atoms with E-state index >= 15 is 0 Å². The van der Waals surface area contributed by atoms with Crippen LogP contribution < -0.4 is 0 Å². The summed E-state index contributed by atoms with van der Waals surface area (Å²) in [6, 6.07) is 12.3. The second-order valence-corrected chi connectivity index (χ2v) is 8.81. The smallest absolute Gasteiger partial charge is 0.135 e. The molecule has 5 aromatic rings. The van der Waals surface area contributed by atoms with E-state index in [9.17, 15) is 0 Å². The zero-order chi connectivity index (χ0) is 22.9. The molecule has 0 bridgehead atoms. The molecule has 0 spiro atoms. The van der Waals surface area contributed by atoms with E-state index in [0.717, 1.165) is 60.9 Å². The van der Waals surface area contributed by atoms with Crippen molar-refractivity contribution in [2.75, 3.05) is 14.1 Å². The highest BCUT2D eigenvalue weighted by molar-refractivity contribution is 7.13. The minimum atomic E-state index is 0.788. The summed E-state index contributed by atoms with van der Waals surface area (Å²) in [6.45, 7) is 5.94. The van der Waals surface area contributed by atoms with E-state index in [-0.39, 0.29) is 0 Å². The Morgan fingerprint density at radius 2 is 2.00 bits per heavy atom. The van der Waals surface area contributed by atoms with E-state index in [1.165, 1.54) is 0 Å². The Morgan fingerprint density at radius 1 is 1.12 bits per heavy atom. The van der Waals surface area contributed by atoms with E-state index in [0.29, 0.717) is 0 Å². The molecule has 0 atom stereocenters. The molecule has 0 amide bonds. The van der Waals surface area contributed by atoms with Crippen LogP contribution >= 0.6 is 11.3 Å². The molecule has 0 aliphatic heterocycles. The first-order chi connectivity index (χ1) is 16.1. The normalized spacial score (nSPS) is 12.6. The third kappa shape index (κ3) is 3.76. The van der Waals surface area contributed by atoms with Crippen molar-refractivity contribution >= 4 is 38.8 Å². The standard InChI is InChI=1S/C26H24N6S/c1-5-16(14-17(6-2)32(3)4)19-9-10-21-25(29-19)26(31-30-21)22-15-18-20(28-22)11-12-27-24(18)23-8-7-13-33-23/h5-15,28H,2H2,1,3-4H3,(H,30,31)/b16-5+,17-14+. The first-order valence-electron chi connectivity index (χ1n) is 10.6. The number of thiophene rings is 1. The second-order valence-electron chi connectivity index (χ2n) is 7.86. The Morgan fingerprint density at radius 3 is 2.73 bits per heavy atom. The maximum absolute atomic E-state index is 4.98. The Hall–Kier alpha value is -3.97. The number of hydrogen-bond donors (Lipinski definition) is 2. The third-order valence-corrected chi connectivity index (χ3v) is 6.48. The van der Waals surface area contributed by atoms with E-state index in [1.54, 1.807) is 11.3 Å². The zero-order valence-electron chi connectivity index (χ0n) is 18.8. The van der Waals surface area contributed by atoms with Gasteiger partial charge in [-0.3, -0.25) is 10.1 Å². The van der Waals surface area contributed by atoms with Crippen molar-refractivity contribution < 1.29 is 0 Å². The van der Waals surface area contributed by atoms with Crippen molar-refractivity contribution in [2.24, 2.45) is 0 Å². The molecule has 0 aliphatic carbocycles. The lowest BCUT2D eigenvalue weighted by Crippen LogP contribution is -2.09. The Labute approximate surface area is 196 Å². The summed E-state index contributed by atoms with van der Waals surface area (Å²) in [5.41, 5.74) is 8.32. The molecule has 0 radical (unpaired) electrons. The number of hydrogen-bond acceptors (Lipinski definition) is 5. The van der Waals surface area contributed by atoms with Gasteiger partial charge in [0.15, 0.2) is 0 Å². The largest absolute Gasteiger partial charge is 0.378 e. The van der Waals surface area contributed by atoms with Crippen molar-refractivity contribution in [3.05, 3.63) is 84.2 Å². The average Bonchev–Trinajstić information content (AvgIpc) is 3.57. The summed E-state index contributed by atoms with van der Waals surface area (Å²) >= 11 is 1.68. The summed E-state index contributed by atoms with van der Waals surface area (Å²) in [6.07, 6.45) is 7.82. The highest BCUT2D eigenvalue weighted by Gasteiger charge is 2.16. The number of aromatic nitrogens is 5. The van der Waals surface area contributed by atoms with Gasteiger partial charge in [-0.05, 0) is 60.4 Å². The van der Waals surface area contributed by atoms with E-state index in [2.05, 4.69) is 56.4 Å². The molecule has 0 aliphatic rings. The van der Waals surface area contributed by atoms with Crippen molar-refractivity contribution in [2.45, 2.75) is 6.92 Å². The predicted octanol–water partition coefficient (Wildman–Crippen LogP) is 6.26.